The van der Waals surface area contributed by atoms with E-state index in [4.69, 9.17) is 26.1 Å². The highest BCUT2D eigenvalue weighted by Crippen LogP contribution is 2.50. The molecule has 50 heavy (non-hydrogen) atoms. The van der Waals surface area contributed by atoms with Crippen molar-refractivity contribution in [3.05, 3.63) is 112 Å². The minimum Gasteiger partial charge on any atom is -0.444 e. The van der Waals surface area contributed by atoms with Gasteiger partial charge in [-0.15, -0.1) is 0 Å². The third-order valence-electron chi connectivity index (χ3n) is 9.72. The van der Waals surface area contributed by atoms with Crippen molar-refractivity contribution in [2.24, 2.45) is 0 Å². The number of imidazole rings is 1. The number of aromatic amines is 1. The first kappa shape index (κ1) is 32.2. The number of amides is 1. The summed E-state index contributed by atoms with van der Waals surface area (Å²) in [5, 5.41) is 20.7. The fraction of sp³-hybridized carbons (Fsp3) is 0.270. The maximum absolute atomic E-state index is 14.9. The molecule has 13 heteroatoms. The first-order valence-electron chi connectivity index (χ1n) is 16.3. The minimum atomic E-state index is -1.31. The summed E-state index contributed by atoms with van der Waals surface area (Å²) in [7, 11) is 0. The monoisotopic (exact) mass is 698 g/mol. The van der Waals surface area contributed by atoms with Crippen molar-refractivity contribution in [1.29, 1.82) is 0 Å². The number of ether oxygens (including phenoxy) is 2. The average Bonchev–Trinajstić information content (AvgIpc) is 3.76. The molecule has 10 nitrogen and oxygen atoms in total. The van der Waals surface area contributed by atoms with Crippen molar-refractivity contribution >= 4 is 45.1 Å². The zero-order valence-corrected chi connectivity index (χ0v) is 28.0. The van der Waals surface area contributed by atoms with Crippen LogP contribution in [0.4, 0.5) is 14.5 Å². The molecule has 2 aromatic heterocycles. The SMILES string of the molecule is Cc1[nH]nc2c(F)cc(C(=O)Nc3ccc4c(c3)nc(CN3CCC(c5cccc6c5OC(C)(c5ccc(Cl)cc5F)O6)CC3)n4CO)cc12. The number of fused-ring (bicyclic) bond motifs is 3. The van der Waals surface area contributed by atoms with Crippen LogP contribution in [0.3, 0.4) is 0 Å². The van der Waals surface area contributed by atoms with E-state index in [-0.39, 0.29) is 29.3 Å². The molecule has 0 spiro atoms. The number of aryl methyl sites for hydroxylation is 1. The number of aromatic nitrogens is 4. The summed E-state index contributed by atoms with van der Waals surface area (Å²) < 4.78 is 43.7. The molecule has 1 atom stereocenters. The summed E-state index contributed by atoms with van der Waals surface area (Å²) in [6, 6.07) is 18.3. The quantitative estimate of drug-likeness (QED) is 0.159. The number of nitrogens with zero attached hydrogens (tertiary/aromatic N) is 4. The first-order chi connectivity index (χ1) is 24.1. The smallest absolute Gasteiger partial charge is 0.278 e. The van der Waals surface area contributed by atoms with Crippen LogP contribution in [0.25, 0.3) is 21.9 Å². The molecule has 4 aromatic carbocycles. The Morgan fingerprint density at radius 2 is 1.90 bits per heavy atom. The van der Waals surface area contributed by atoms with E-state index in [1.54, 1.807) is 54.8 Å². The average molecular weight is 699 g/mol. The van der Waals surface area contributed by atoms with Gasteiger partial charge in [0.05, 0.1) is 23.1 Å². The van der Waals surface area contributed by atoms with Crippen LogP contribution in [-0.4, -0.2) is 48.8 Å². The molecule has 6 aromatic rings. The summed E-state index contributed by atoms with van der Waals surface area (Å²) in [5.74, 6) is -0.726. The highest BCUT2D eigenvalue weighted by atomic mass is 35.5. The third kappa shape index (κ3) is 5.62. The largest absolute Gasteiger partial charge is 0.444 e. The van der Waals surface area contributed by atoms with Gasteiger partial charge in [-0.25, -0.2) is 13.8 Å². The molecule has 0 radical (unpaired) electrons. The van der Waals surface area contributed by atoms with E-state index in [0.717, 1.165) is 37.0 Å². The summed E-state index contributed by atoms with van der Waals surface area (Å²) in [6.07, 6.45) is 1.71. The number of hydrogen-bond donors (Lipinski definition) is 3. The number of halogens is 3. The van der Waals surface area contributed by atoms with E-state index < -0.39 is 23.3 Å². The molecule has 1 fully saturated rings. The number of para-hydroxylation sites is 1. The molecule has 0 aliphatic carbocycles. The number of nitrogens with one attached hydrogen (secondary N) is 2. The number of benzene rings is 4. The fourth-order valence-corrected chi connectivity index (χ4v) is 7.27. The number of anilines is 1. The zero-order valence-electron chi connectivity index (χ0n) is 27.3. The lowest BCUT2D eigenvalue weighted by Gasteiger charge is -2.32. The molecule has 1 amide bonds. The van der Waals surface area contributed by atoms with E-state index in [2.05, 4.69) is 20.4 Å². The fourth-order valence-electron chi connectivity index (χ4n) is 7.11. The summed E-state index contributed by atoms with van der Waals surface area (Å²) >= 11 is 5.98. The number of likely N-dealkylation sites (tertiary alicyclic amines) is 1. The number of H-pyrrole nitrogens is 1. The lowest BCUT2D eigenvalue weighted by Crippen LogP contribution is -2.34. The third-order valence-corrected chi connectivity index (χ3v) is 9.95. The van der Waals surface area contributed by atoms with Gasteiger partial charge in [0, 0.05) is 39.8 Å². The predicted molar refractivity (Wildman–Crippen MR) is 184 cm³/mol. The highest BCUT2D eigenvalue weighted by molar-refractivity contribution is 6.30. The van der Waals surface area contributed by atoms with Crippen molar-refractivity contribution in [3.8, 4) is 11.5 Å². The van der Waals surface area contributed by atoms with Gasteiger partial charge in [-0.05, 0) is 93.4 Å². The lowest BCUT2D eigenvalue weighted by atomic mass is 9.88. The van der Waals surface area contributed by atoms with Gasteiger partial charge in [0.15, 0.2) is 17.3 Å². The van der Waals surface area contributed by atoms with Gasteiger partial charge in [0.1, 0.15) is 23.9 Å². The predicted octanol–water partition coefficient (Wildman–Crippen LogP) is 7.38. The van der Waals surface area contributed by atoms with Crippen molar-refractivity contribution in [3.63, 3.8) is 0 Å². The molecular weight excluding hydrogens is 666 g/mol. The van der Waals surface area contributed by atoms with E-state index in [9.17, 15) is 18.7 Å². The van der Waals surface area contributed by atoms with Crippen molar-refractivity contribution in [1.82, 2.24) is 24.6 Å². The van der Waals surface area contributed by atoms with Crippen LogP contribution in [0.1, 0.15) is 58.7 Å². The molecule has 0 bridgehead atoms. The Labute approximate surface area is 290 Å². The zero-order chi connectivity index (χ0) is 34.7. The molecule has 8 rings (SSSR count). The molecule has 4 heterocycles. The van der Waals surface area contributed by atoms with Crippen LogP contribution < -0.4 is 14.8 Å². The summed E-state index contributed by atoms with van der Waals surface area (Å²) in [5.41, 5.74) is 4.18. The van der Waals surface area contributed by atoms with Gasteiger partial charge < -0.3 is 24.5 Å². The Bertz CT molecular complexity index is 2300. The van der Waals surface area contributed by atoms with Crippen molar-refractivity contribution < 1.29 is 28.2 Å². The Morgan fingerprint density at radius 1 is 1.08 bits per heavy atom. The normalized spacial score (nSPS) is 18.0. The van der Waals surface area contributed by atoms with Gasteiger partial charge >= 0.3 is 0 Å². The second kappa shape index (κ2) is 12.4. The van der Waals surface area contributed by atoms with Gasteiger partial charge in [-0.3, -0.25) is 14.8 Å². The topological polar surface area (TPSA) is 118 Å². The van der Waals surface area contributed by atoms with Crippen LogP contribution in [0.2, 0.25) is 5.02 Å². The van der Waals surface area contributed by atoms with Crippen LogP contribution in [-0.2, 0) is 19.1 Å². The van der Waals surface area contributed by atoms with E-state index >= 15 is 0 Å². The van der Waals surface area contributed by atoms with Crippen LogP contribution in [0.5, 0.6) is 11.5 Å². The second-order valence-electron chi connectivity index (χ2n) is 13.0. The number of aliphatic hydroxyl groups excluding tert-OH is 1. The van der Waals surface area contributed by atoms with Crippen LogP contribution in [0.15, 0.2) is 66.7 Å². The standard InChI is InChI=1S/C37H33ClF2N6O4/c1-20-26-14-22(15-29(40)34(26)44-43-20)36(48)41-24-7-9-31-30(17-24)42-33(46(31)19-47)18-45-12-10-21(11-13-45)25-4-3-5-32-35(25)50-37(2,49-32)27-8-6-23(38)16-28(27)39/h3-9,14-17,21,47H,10-13,18-19H2,1-2H3,(H,41,48)(H,43,44). The molecule has 1 saturated heterocycles. The Balaban J connectivity index is 0.952. The van der Waals surface area contributed by atoms with Gasteiger partial charge in [-0.2, -0.15) is 5.10 Å². The van der Waals surface area contributed by atoms with E-state index in [1.807, 2.05) is 18.2 Å². The Morgan fingerprint density at radius 3 is 2.68 bits per heavy atom. The second-order valence-corrected chi connectivity index (χ2v) is 13.4. The highest BCUT2D eigenvalue weighted by Gasteiger charge is 2.43. The van der Waals surface area contributed by atoms with Crippen LogP contribution in [0, 0.1) is 18.6 Å². The maximum atomic E-state index is 14.9. The number of hydrogen-bond acceptors (Lipinski definition) is 7. The van der Waals surface area contributed by atoms with Crippen molar-refractivity contribution in [2.75, 3.05) is 18.4 Å². The summed E-state index contributed by atoms with van der Waals surface area (Å²) in [6.45, 7) is 5.31. The summed E-state index contributed by atoms with van der Waals surface area (Å²) in [4.78, 5) is 20.2. The molecule has 2 aliphatic rings. The minimum absolute atomic E-state index is 0.175. The molecule has 2 aliphatic heterocycles. The molecule has 0 saturated carbocycles. The number of piperidine rings is 1. The van der Waals surface area contributed by atoms with Gasteiger partial charge in [0.25, 0.3) is 11.7 Å². The number of carbonyl (C=O) groups excluding carboxylic acids is 1. The van der Waals surface area contributed by atoms with Crippen molar-refractivity contribution in [2.45, 2.75) is 51.7 Å². The number of carbonyl (C=O) groups is 1. The molecular formula is C37H33ClF2N6O4. The number of aliphatic hydroxyl groups is 1. The van der Waals surface area contributed by atoms with Crippen LogP contribution >= 0.6 is 11.6 Å². The first-order valence-corrected chi connectivity index (χ1v) is 16.7. The van der Waals surface area contributed by atoms with E-state index in [1.165, 1.54) is 12.1 Å². The van der Waals surface area contributed by atoms with Gasteiger partial charge in [-0.1, -0.05) is 23.7 Å². The van der Waals surface area contributed by atoms with E-state index in [0.29, 0.717) is 51.2 Å². The van der Waals surface area contributed by atoms with Gasteiger partial charge in [0.2, 0.25) is 0 Å². The lowest BCUT2D eigenvalue weighted by molar-refractivity contribution is -0.0712. The molecule has 1 unspecified atom stereocenters. The Hall–Kier alpha value is -5.04. The molecule has 3 N–H and O–H groups in total. The Kier molecular flexibility index (Phi) is 7.97. The maximum Gasteiger partial charge on any atom is 0.278 e. The molecule has 256 valence electrons. The number of rotatable bonds is 7.